The highest BCUT2D eigenvalue weighted by molar-refractivity contribution is 5.62. The first-order valence-corrected chi connectivity index (χ1v) is 5.38. The number of nitrogens with one attached hydrogen (secondary N) is 1. The fraction of sp³-hybridized carbons (Fsp3) is 0.500. The lowest BCUT2D eigenvalue weighted by Crippen LogP contribution is -2.22. The summed E-state index contributed by atoms with van der Waals surface area (Å²) in [6.07, 6.45) is 0.963. The van der Waals surface area contributed by atoms with Crippen molar-refractivity contribution in [1.29, 1.82) is 0 Å². The van der Waals surface area contributed by atoms with Gasteiger partial charge in [-0.25, -0.2) is 0 Å². The quantitative estimate of drug-likeness (QED) is 0.854. The molecule has 0 radical (unpaired) electrons. The van der Waals surface area contributed by atoms with Gasteiger partial charge in [0.2, 0.25) is 0 Å². The van der Waals surface area contributed by atoms with Gasteiger partial charge in [0.1, 0.15) is 5.75 Å². The number of ether oxygens (including phenoxy) is 1. The van der Waals surface area contributed by atoms with E-state index in [1.54, 1.807) is 18.2 Å². The molecule has 1 heterocycles. The van der Waals surface area contributed by atoms with Gasteiger partial charge in [0.25, 0.3) is 0 Å². The van der Waals surface area contributed by atoms with Crippen LogP contribution in [-0.4, -0.2) is 13.2 Å². The van der Waals surface area contributed by atoms with Crippen LogP contribution in [0.5, 0.6) is 5.75 Å². The lowest BCUT2D eigenvalue weighted by atomic mass is 9.82. The molecule has 1 aliphatic heterocycles. The molecule has 0 bridgehead atoms. The molecule has 4 heteroatoms. The molecule has 1 N–H and O–H groups in total. The van der Waals surface area contributed by atoms with Crippen molar-refractivity contribution in [2.45, 2.75) is 32.3 Å². The summed E-state index contributed by atoms with van der Waals surface area (Å²) in [6.45, 7) is 2.30. The maximum absolute atomic E-state index is 12.1. The van der Waals surface area contributed by atoms with Gasteiger partial charge in [-0.15, -0.1) is 0 Å². The summed E-state index contributed by atoms with van der Waals surface area (Å²) in [7, 11) is 0. The predicted molar refractivity (Wildman–Crippen MR) is 59.2 cm³/mol. The molecule has 0 saturated heterocycles. The number of alkyl halides is 2. The number of anilines is 1. The molecule has 1 unspecified atom stereocenters. The predicted octanol–water partition coefficient (Wildman–Crippen LogP) is 3.38. The van der Waals surface area contributed by atoms with E-state index >= 15 is 0 Å². The first kappa shape index (κ1) is 11.2. The zero-order chi connectivity index (χ0) is 11.8. The van der Waals surface area contributed by atoms with Crippen LogP contribution in [0.25, 0.3) is 0 Å². The molecular weight excluding hydrogens is 212 g/mol. The first-order chi connectivity index (χ1) is 7.55. The highest BCUT2D eigenvalue weighted by Crippen LogP contribution is 2.40. The SMILES string of the molecule is CCC1(C)CNc2ccc(OC(F)F)cc21. The van der Waals surface area contributed by atoms with Gasteiger partial charge >= 0.3 is 6.61 Å². The third kappa shape index (κ3) is 1.84. The van der Waals surface area contributed by atoms with Gasteiger partial charge in [-0.2, -0.15) is 8.78 Å². The number of hydrogen-bond donors (Lipinski definition) is 1. The van der Waals surface area contributed by atoms with Gasteiger partial charge in [-0.3, -0.25) is 0 Å². The van der Waals surface area contributed by atoms with Crippen molar-refractivity contribution in [1.82, 2.24) is 0 Å². The number of hydrogen-bond acceptors (Lipinski definition) is 2. The Kier molecular flexibility index (Phi) is 2.74. The Morgan fingerprint density at radius 3 is 2.88 bits per heavy atom. The minimum atomic E-state index is -2.76. The van der Waals surface area contributed by atoms with Gasteiger partial charge in [-0.05, 0) is 30.2 Å². The highest BCUT2D eigenvalue weighted by atomic mass is 19.3. The van der Waals surface area contributed by atoms with Crippen LogP contribution in [0.4, 0.5) is 14.5 Å². The van der Waals surface area contributed by atoms with E-state index < -0.39 is 6.61 Å². The van der Waals surface area contributed by atoms with Crippen LogP contribution in [-0.2, 0) is 5.41 Å². The molecule has 0 amide bonds. The van der Waals surface area contributed by atoms with E-state index in [2.05, 4.69) is 23.9 Å². The Morgan fingerprint density at radius 1 is 1.50 bits per heavy atom. The molecule has 1 atom stereocenters. The minimum Gasteiger partial charge on any atom is -0.435 e. The van der Waals surface area contributed by atoms with E-state index in [4.69, 9.17) is 0 Å². The lowest BCUT2D eigenvalue weighted by Gasteiger charge is -2.22. The van der Waals surface area contributed by atoms with Crippen molar-refractivity contribution >= 4 is 5.69 Å². The maximum atomic E-state index is 12.1. The fourth-order valence-corrected chi connectivity index (χ4v) is 2.05. The van der Waals surface area contributed by atoms with E-state index in [1.165, 1.54) is 0 Å². The van der Waals surface area contributed by atoms with Crippen molar-refractivity contribution in [3.05, 3.63) is 23.8 Å². The molecule has 16 heavy (non-hydrogen) atoms. The van der Waals surface area contributed by atoms with Gasteiger partial charge in [0.05, 0.1) is 0 Å². The van der Waals surface area contributed by atoms with Gasteiger partial charge in [-0.1, -0.05) is 13.8 Å². The van der Waals surface area contributed by atoms with Gasteiger partial charge in [0.15, 0.2) is 0 Å². The normalized spacial score (nSPS) is 23.1. The van der Waals surface area contributed by atoms with E-state index in [1.807, 2.05) is 0 Å². The summed E-state index contributed by atoms with van der Waals surface area (Å²) < 4.78 is 28.6. The molecule has 1 aromatic carbocycles. The van der Waals surface area contributed by atoms with Crippen LogP contribution in [0.1, 0.15) is 25.8 Å². The van der Waals surface area contributed by atoms with Crippen LogP contribution in [0, 0.1) is 0 Å². The average Bonchev–Trinajstić information content (AvgIpc) is 2.57. The molecular formula is C12H15F2NO. The van der Waals surface area contributed by atoms with Crippen molar-refractivity contribution in [2.75, 3.05) is 11.9 Å². The third-order valence-electron chi connectivity index (χ3n) is 3.32. The Balaban J connectivity index is 2.34. The second-order valence-corrected chi connectivity index (χ2v) is 4.35. The fourth-order valence-electron chi connectivity index (χ4n) is 2.05. The van der Waals surface area contributed by atoms with Gasteiger partial charge < -0.3 is 10.1 Å². The van der Waals surface area contributed by atoms with Gasteiger partial charge in [0, 0.05) is 17.6 Å². The van der Waals surface area contributed by atoms with Crippen molar-refractivity contribution < 1.29 is 13.5 Å². The smallest absolute Gasteiger partial charge is 0.387 e. The van der Waals surface area contributed by atoms with E-state index in [0.29, 0.717) is 0 Å². The summed E-state index contributed by atoms with van der Waals surface area (Å²) in [5.74, 6) is 0.233. The second kappa shape index (κ2) is 3.92. The van der Waals surface area contributed by atoms with Crippen molar-refractivity contribution in [3.8, 4) is 5.75 Å². The molecule has 0 spiro atoms. The summed E-state index contributed by atoms with van der Waals surface area (Å²) in [4.78, 5) is 0. The minimum absolute atomic E-state index is 0.0107. The highest BCUT2D eigenvalue weighted by Gasteiger charge is 2.33. The summed E-state index contributed by atoms with van der Waals surface area (Å²) in [6, 6.07) is 5.08. The topological polar surface area (TPSA) is 21.3 Å². The summed E-state index contributed by atoms with van der Waals surface area (Å²) >= 11 is 0. The van der Waals surface area contributed by atoms with Crippen molar-refractivity contribution in [3.63, 3.8) is 0 Å². The molecule has 88 valence electrons. The standard InChI is InChI=1S/C12H15F2NO/c1-3-12(2)7-15-10-5-4-8(6-9(10)12)16-11(13)14/h4-6,11,15H,3,7H2,1-2H3. The Labute approximate surface area is 93.6 Å². The zero-order valence-corrected chi connectivity index (χ0v) is 9.39. The Hall–Kier alpha value is -1.32. The van der Waals surface area contributed by atoms with Crippen LogP contribution in [0.15, 0.2) is 18.2 Å². The number of rotatable bonds is 3. The molecule has 0 aromatic heterocycles. The van der Waals surface area contributed by atoms with E-state index in [-0.39, 0.29) is 11.2 Å². The molecule has 1 aromatic rings. The molecule has 0 saturated carbocycles. The molecule has 0 fully saturated rings. The molecule has 2 nitrogen and oxygen atoms in total. The second-order valence-electron chi connectivity index (χ2n) is 4.35. The monoisotopic (exact) mass is 227 g/mol. The van der Waals surface area contributed by atoms with Crippen LogP contribution < -0.4 is 10.1 Å². The Morgan fingerprint density at radius 2 is 2.25 bits per heavy atom. The number of fused-ring (bicyclic) bond motifs is 1. The molecule has 0 aliphatic carbocycles. The third-order valence-corrected chi connectivity index (χ3v) is 3.32. The first-order valence-electron chi connectivity index (χ1n) is 5.38. The zero-order valence-electron chi connectivity index (χ0n) is 9.39. The van der Waals surface area contributed by atoms with E-state index in [9.17, 15) is 8.78 Å². The number of benzene rings is 1. The van der Waals surface area contributed by atoms with Crippen molar-refractivity contribution in [2.24, 2.45) is 0 Å². The largest absolute Gasteiger partial charge is 0.435 e. The Bertz CT molecular complexity index is 395. The molecule has 1 aliphatic rings. The van der Waals surface area contributed by atoms with Crippen LogP contribution >= 0.6 is 0 Å². The van der Waals surface area contributed by atoms with Crippen LogP contribution in [0.2, 0.25) is 0 Å². The average molecular weight is 227 g/mol. The summed E-state index contributed by atoms with van der Waals surface area (Å²) in [5, 5.41) is 3.28. The van der Waals surface area contributed by atoms with Crippen LogP contribution in [0.3, 0.4) is 0 Å². The number of halogens is 2. The van der Waals surface area contributed by atoms with E-state index in [0.717, 1.165) is 24.2 Å². The maximum Gasteiger partial charge on any atom is 0.387 e. The summed E-state index contributed by atoms with van der Waals surface area (Å²) in [5.41, 5.74) is 2.09. The molecule has 2 rings (SSSR count). The lowest BCUT2D eigenvalue weighted by molar-refractivity contribution is -0.0499.